The second-order valence-electron chi connectivity index (χ2n) is 3.68. The summed E-state index contributed by atoms with van der Waals surface area (Å²) in [6, 6.07) is 1.31. The maximum atomic E-state index is 11.7. The average Bonchev–Trinajstić information content (AvgIpc) is 2.66. The van der Waals surface area contributed by atoms with E-state index in [0.29, 0.717) is 29.3 Å². The molecule has 0 unspecified atom stereocenters. The molecule has 8 heteroatoms. The molecule has 0 spiro atoms. The van der Waals surface area contributed by atoms with Crippen molar-refractivity contribution in [2.45, 2.75) is 18.2 Å². The molecule has 18 heavy (non-hydrogen) atoms. The Hall–Kier alpha value is -0.960. The number of carbonyl (C=O) groups is 1. The first-order valence-corrected chi connectivity index (χ1v) is 7.63. The van der Waals surface area contributed by atoms with Crippen LogP contribution in [0.25, 0.3) is 0 Å². The number of nitrogens with two attached hydrogens (primary N) is 1. The molecule has 1 amide bonds. The summed E-state index contributed by atoms with van der Waals surface area (Å²) in [4.78, 5) is 12.6. The first-order chi connectivity index (χ1) is 8.36. The third kappa shape index (κ3) is 4.05. The lowest BCUT2D eigenvalue weighted by molar-refractivity contribution is 0.0952. The molecular weight excluding hydrogens is 276 g/mol. The number of nitrogens with one attached hydrogen (secondary N) is 1. The summed E-state index contributed by atoms with van der Waals surface area (Å²) in [5.74, 6) is -0.297. The van der Waals surface area contributed by atoms with E-state index in [2.05, 4.69) is 5.32 Å². The SMILES string of the molecule is COCCCNC(=O)c1cc(S(N)(=O)=O)c(C)s1. The molecule has 0 aliphatic heterocycles. The number of carbonyl (C=O) groups excluding carboxylic acids is 1. The van der Waals surface area contributed by atoms with Gasteiger partial charge in [0.1, 0.15) is 0 Å². The molecule has 0 saturated heterocycles. The second kappa shape index (κ2) is 6.28. The molecule has 0 aliphatic rings. The summed E-state index contributed by atoms with van der Waals surface area (Å²) in [6.07, 6.45) is 0.703. The number of primary sulfonamides is 1. The quantitative estimate of drug-likeness (QED) is 0.745. The molecule has 0 radical (unpaired) electrons. The Labute approximate surface area is 110 Å². The summed E-state index contributed by atoms with van der Waals surface area (Å²) in [5.41, 5.74) is 0. The fourth-order valence-electron chi connectivity index (χ4n) is 1.37. The standard InChI is InChI=1S/C10H16N2O4S2/c1-7-9(18(11,14)15)6-8(17-7)10(13)12-4-3-5-16-2/h6H,3-5H2,1-2H3,(H,12,13)(H2,11,14,15). The van der Waals surface area contributed by atoms with Gasteiger partial charge in [0.2, 0.25) is 10.0 Å². The van der Waals surface area contributed by atoms with Gasteiger partial charge >= 0.3 is 0 Å². The summed E-state index contributed by atoms with van der Waals surface area (Å²) in [6.45, 7) is 2.66. The Kier molecular flexibility index (Phi) is 5.27. The van der Waals surface area contributed by atoms with Crippen LogP contribution >= 0.6 is 11.3 Å². The van der Waals surface area contributed by atoms with Crippen LogP contribution in [0, 0.1) is 6.92 Å². The number of methoxy groups -OCH3 is 1. The first-order valence-electron chi connectivity index (χ1n) is 5.26. The fourth-order valence-corrected chi connectivity index (χ4v) is 3.43. The van der Waals surface area contributed by atoms with Gasteiger partial charge in [0.05, 0.1) is 9.77 Å². The van der Waals surface area contributed by atoms with Crippen LogP contribution in [0.4, 0.5) is 0 Å². The lowest BCUT2D eigenvalue weighted by atomic mass is 10.4. The molecule has 0 bridgehead atoms. The highest BCUT2D eigenvalue weighted by Crippen LogP contribution is 2.24. The summed E-state index contributed by atoms with van der Waals surface area (Å²) >= 11 is 1.11. The van der Waals surface area contributed by atoms with Gasteiger partial charge in [-0.05, 0) is 19.4 Å². The number of sulfonamides is 1. The predicted octanol–water partition coefficient (Wildman–Crippen LogP) is 0.470. The summed E-state index contributed by atoms with van der Waals surface area (Å²) in [5, 5.41) is 7.72. The van der Waals surface area contributed by atoms with Crippen molar-refractivity contribution < 1.29 is 17.9 Å². The number of aryl methyl sites for hydroxylation is 1. The van der Waals surface area contributed by atoms with Crippen molar-refractivity contribution in [3.8, 4) is 0 Å². The number of ether oxygens (including phenoxy) is 1. The van der Waals surface area contributed by atoms with Gasteiger partial charge in [-0.15, -0.1) is 11.3 Å². The Morgan fingerprint density at radius 3 is 2.72 bits per heavy atom. The van der Waals surface area contributed by atoms with Crippen molar-refractivity contribution in [2.24, 2.45) is 5.14 Å². The minimum absolute atomic E-state index is 0.00883. The van der Waals surface area contributed by atoms with Gasteiger partial charge in [0.15, 0.2) is 0 Å². The van der Waals surface area contributed by atoms with E-state index in [1.54, 1.807) is 14.0 Å². The lowest BCUT2D eigenvalue weighted by Gasteiger charge is -2.02. The van der Waals surface area contributed by atoms with Gasteiger partial charge in [0, 0.05) is 25.1 Å². The summed E-state index contributed by atoms with van der Waals surface area (Å²) in [7, 11) is -2.18. The average molecular weight is 292 g/mol. The van der Waals surface area contributed by atoms with E-state index >= 15 is 0 Å². The highest BCUT2D eigenvalue weighted by molar-refractivity contribution is 7.89. The second-order valence-corrected chi connectivity index (χ2v) is 6.46. The fraction of sp³-hybridized carbons (Fsp3) is 0.500. The Balaban J connectivity index is 2.71. The predicted molar refractivity (Wildman–Crippen MR) is 69.3 cm³/mol. The monoisotopic (exact) mass is 292 g/mol. The topological polar surface area (TPSA) is 98.5 Å². The van der Waals surface area contributed by atoms with Crippen LogP contribution in [-0.4, -0.2) is 34.6 Å². The Bertz CT molecular complexity index is 522. The molecule has 0 fully saturated rings. The number of amides is 1. The Morgan fingerprint density at radius 2 is 2.22 bits per heavy atom. The van der Waals surface area contributed by atoms with Gasteiger partial charge in [0.25, 0.3) is 5.91 Å². The van der Waals surface area contributed by atoms with Crippen molar-refractivity contribution in [2.75, 3.05) is 20.3 Å². The third-order valence-corrected chi connectivity index (χ3v) is 4.43. The molecule has 6 nitrogen and oxygen atoms in total. The van der Waals surface area contributed by atoms with Crippen molar-refractivity contribution >= 4 is 27.3 Å². The Morgan fingerprint density at radius 1 is 1.56 bits per heavy atom. The van der Waals surface area contributed by atoms with E-state index in [-0.39, 0.29) is 10.8 Å². The van der Waals surface area contributed by atoms with E-state index in [4.69, 9.17) is 9.88 Å². The minimum Gasteiger partial charge on any atom is -0.385 e. The van der Waals surface area contributed by atoms with Crippen LogP contribution in [-0.2, 0) is 14.8 Å². The van der Waals surface area contributed by atoms with E-state index < -0.39 is 10.0 Å². The molecule has 0 aromatic carbocycles. The molecule has 0 atom stereocenters. The molecule has 1 aromatic rings. The number of rotatable bonds is 6. The molecule has 3 N–H and O–H groups in total. The van der Waals surface area contributed by atoms with Crippen molar-refractivity contribution in [3.05, 3.63) is 15.8 Å². The molecule has 1 heterocycles. The normalized spacial score (nSPS) is 11.5. The van der Waals surface area contributed by atoms with Crippen molar-refractivity contribution in [1.82, 2.24) is 5.32 Å². The zero-order chi connectivity index (χ0) is 13.8. The smallest absolute Gasteiger partial charge is 0.261 e. The molecular formula is C10H16N2O4S2. The van der Waals surface area contributed by atoms with Crippen LogP contribution < -0.4 is 10.5 Å². The van der Waals surface area contributed by atoms with Crippen LogP contribution in [0.3, 0.4) is 0 Å². The number of thiophene rings is 1. The minimum atomic E-state index is -3.76. The zero-order valence-electron chi connectivity index (χ0n) is 10.2. The van der Waals surface area contributed by atoms with Crippen molar-refractivity contribution in [3.63, 3.8) is 0 Å². The largest absolute Gasteiger partial charge is 0.385 e. The van der Waals surface area contributed by atoms with E-state index in [9.17, 15) is 13.2 Å². The molecule has 102 valence electrons. The third-order valence-electron chi connectivity index (χ3n) is 2.21. The van der Waals surface area contributed by atoms with Gasteiger partial charge < -0.3 is 10.1 Å². The van der Waals surface area contributed by atoms with Gasteiger partial charge in [-0.3, -0.25) is 4.79 Å². The molecule has 1 rings (SSSR count). The molecule has 1 aromatic heterocycles. The van der Waals surface area contributed by atoms with Crippen LogP contribution in [0.5, 0.6) is 0 Å². The highest BCUT2D eigenvalue weighted by Gasteiger charge is 2.18. The highest BCUT2D eigenvalue weighted by atomic mass is 32.2. The zero-order valence-corrected chi connectivity index (χ0v) is 11.9. The molecule has 0 saturated carbocycles. The maximum Gasteiger partial charge on any atom is 0.261 e. The summed E-state index contributed by atoms with van der Waals surface area (Å²) < 4.78 is 27.3. The van der Waals surface area contributed by atoms with Crippen LogP contribution in [0.2, 0.25) is 0 Å². The van der Waals surface area contributed by atoms with Crippen molar-refractivity contribution in [1.29, 1.82) is 0 Å². The maximum absolute atomic E-state index is 11.7. The van der Waals surface area contributed by atoms with E-state index in [1.165, 1.54) is 6.07 Å². The first kappa shape index (κ1) is 15.1. The number of hydrogen-bond donors (Lipinski definition) is 2. The molecule has 0 aliphatic carbocycles. The van der Waals surface area contributed by atoms with E-state index in [0.717, 1.165) is 11.3 Å². The van der Waals surface area contributed by atoms with Gasteiger partial charge in [-0.2, -0.15) is 0 Å². The van der Waals surface area contributed by atoms with E-state index in [1.807, 2.05) is 0 Å². The van der Waals surface area contributed by atoms with Crippen LogP contribution in [0.1, 0.15) is 21.0 Å². The van der Waals surface area contributed by atoms with Gasteiger partial charge in [-0.1, -0.05) is 0 Å². The lowest BCUT2D eigenvalue weighted by Crippen LogP contribution is -2.24. The van der Waals surface area contributed by atoms with Crippen LogP contribution in [0.15, 0.2) is 11.0 Å². The number of hydrogen-bond acceptors (Lipinski definition) is 5. The van der Waals surface area contributed by atoms with Gasteiger partial charge in [-0.25, -0.2) is 13.6 Å².